The molecule has 0 fully saturated rings. The molecule has 0 heterocycles. The van der Waals surface area contributed by atoms with Crippen LogP contribution in [-0.4, -0.2) is 51.1 Å². The molecular formula is C53H60N2O4. The third kappa shape index (κ3) is 13.3. The van der Waals surface area contributed by atoms with Crippen molar-refractivity contribution in [1.29, 1.82) is 0 Å². The molecule has 5 rings (SSSR count). The summed E-state index contributed by atoms with van der Waals surface area (Å²) in [6.45, 7) is 16.1. The molecular weight excluding hydrogens is 729 g/mol. The van der Waals surface area contributed by atoms with Crippen LogP contribution in [0.2, 0.25) is 0 Å². The van der Waals surface area contributed by atoms with Gasteiger partial charge in [-0.05, 0) is 67.5 Å². The first-order chi connectivity index (χ1) is 28.4. The van der Waals surface area contributed by atoms with Gasteiger partial charge in [-0.3, -0.25) is 19.3 Å². The lowest BCUT2D eigenvalue weighted by Crippen LogP contribution is -2.45. The SMILES string of the molecule is C=CCN(C(/C=C/c1ccccc1)C(C(C)=O)C(C)C)[C@H](C)c1ccccc1.CC(=O)C(O)C(c1ccccc1)N(C(=O)/C=C/c1ccccc1)[C@H](C)c1ccccc1. The van der Waals surface area contributed by atoms with Gasteiger partial charge in [0, 0.05) is 30.6 Å². The summed E-state index contributed by atoms with van der Waals surface area (Å²) in [5.41, 5.74) is 4.90. The van der Waals surface area contributed by atoms with Crippen LogP contribution in [0.15, 0.2) is 176 Å². The quantitative estimate of drug-likeness (QED) is 0.0707. The van der Waals surface area contributed by atoms with Crippen LogP contribution in [0.1, 0.15) is 87.5 Å². The van der Waals surface area contributed by atoms with E-state index in [1.54, 1.807) is 17.9 Å². The summed E-state index contributed by atoms with van der Waals surface area (Å²) in [7, 11) is 0. The summed E-state index contributed by atoms with van der Waals surface area (Å²) in [5, 5.41) is 10.9. The van der Waals surface area contributed by atoms with E-state index < -0.39 is 12.1 Å². The fourth-order valence-electron chi connectivity index (χ4n) is 7.57. The number of hydrogen-bond acceptors (Lipinski definition) is 5. The zero-order chi connectivity index (χ0) is 42.7. The van der Waals surface area contributed by atoms with Gasteiger partial charge in [0.1, 0.15) is 11.9 Å². The average Bonchev–Trinajstić information content (AvgIpc) is 3.26. The van der Waals surface area contributed by atoms with Crippen LogP contribution in [0.25, 0.3) is 12.2 Å². The molecule has 6 heteroatoms. The Labute approximate surface area is 352 Å². The first-order valence-corrected chi connectivity index (χ1v) is 20.4. The standard InChI is InChI=1S/C27H27NO3.C26H33NO/c1-20(23-14-8-4-9-15-23)28(25(30)19-18-22-12-6-3-7-13-22)26(27(31)21(2)29)24-16-10-5-11-17-24;1-6-19-27(21(4)24-15-11-8-12-16-24)25(26(20(2)3)22(5)28)18-17-23-13-9-7-10-14-23/h3-20,26-27,31H,1-2H3;6-18,20-21,25-26H,1,19H2,2-5H3/b19-18+;18-17+/t20-,26?,27?;21-,25?,26?/m11/s1. The van der Waals surface area contributed by atoms with Crippen molar-refractivity contribution in [3.05, 3.63) is 204 Å². The zero-order valence-electron chi connectivity index (χ0n) is 35.3. The summed E-state index contributed by atoms with van der Waals surface area (Å²) >= 11 is 0. The van der Waals surface area contributed by atoms with E-state index >= 15 is 0 Å². The molecule has 59 heavy (non-hydrogen) atoms. The molecule has 0 aromatic heterocycles. The number of rotatable bonds is 18. The van der Waals surface area contributed by atoms with E-state index in [1.807, 2.05) is 128 Å². The van der Waals surface area contributed by atoms with Crippen LogP contribution in [0.5, 0.6) is 0 Å². The summed E-state index contributed by atoms with van der Waals surface area (Å²) in [5.74, 6) is -0.273. The van der Waals surface area contributed by atoms with Crippen molar-refractivity contribution in [2.24, 2.45) is 11.8 Å². The molecule has 0 aliphatic rings. The number of aliphatic hydroxyl groups is 1. The van der Waals surface area contributed by atoms with Gasteiger partial charge in [0.25, 0.3) is 0 Å². The molecule has 0 aliphatic heterocycles. The van der Waals surface area contributed by atoms with E-state index in [2.05, 4.69) is 80.8 Å². The normalized spacial score (nSPS) is 14.5. The number of benzene rings is 5. The van der Waals surface area contributed by atoms with Crippen LogP contribution < -0.4 is 0 Å². The summed E-state index contributed by atoms with van der Waals surface area (Å²) in [4.78, 5) is 42.3. The van der Waals surface area contributed by atoms with Crippen LogP contribution in [-0.2, 0) is 14.4 Å². The molecule has 0 spiro atoms. The zero-order valence-corrected chi connectivity index (χ0v) is 35.3. The van der Waals surface area contributed by atoms with Gasteiger partial charge >= 0.3 is 0 Å². The minimum absolute atomic E-state index is 0.00841. The van der Waals surface area contributed by atoms with Gasteiger partial charge in [-0.1, -0.05) is 184 Å². The molecule has 0 bridgehead atoms. The van der Waals surface area contributed by atoms with E-state index in [0.29, 0.717) is 5.56 Å². The van der Waals surface area contributed by atoms with E-state index in [-0.39, 0.29) is 47.4 Å². The van der Waals surface area contributed by atoms with Crippen LogP contribution in [0.3, 0.4) is 0 Å². The van der Waals surface area contributed by atoms with Gasteiger partial charge in [-0.2, -0.15) is 0 Å². The summed E-state index contributed by atoms with van der Waals surface area (Å²) < 4.78 is 0. The maximum Gasteiger partial charge on any atom is 0.247 e. The molecule has 5 aromatic rings. The Hall–Kier alpha value is -5.95. The summed E-state index contributed by atoms with van der Waals surface area (Å²) in [6, 6.07) is 48.1. The maximum atomic E-state index is 13.5. The highest BCUT2D eigenvalue weighted by Gasteiger charge is 2.36. The van der Waals surface area contributed by atoms with Crippen LogP contribution in [0, 0.1) is 11.8 Å². The Kier molecular flexibility index (Phi) is 18.2. The molecule has 5 aromatic carbocycles. The summed E-state index contributed by atoms with van der Waals surface area (Å²) in [6.07, 6.45) is 8.16. The van der Waals surface area contributed by atoms with Gasteiger partial charge < -0.3 is 10.0 Å². The van der Waals surface area contributed by atoms with Crippen LogP contribution in [0.4, 0.5) is 0 Å². The fourth-order valence-corrected chi connectivity index (χ4v) is 7.57. The number of nitrogens with zero attached hydrogens (tertiary/aromatic N) is 2. The highest BCUT2D eigenvalue weighted by atomic mass is 16.3. The first-order valence-electron chi connectivity index (χ1n) is 20.4. The molecule has 6 nitrogen and oxygen atoms in total. The van der Waals surface area contributed by atoms with Gasteiger partial charge in [-0.15, -0.1) is 6.58 Å². The minimum atomic E-state index is -1.34. The van der Waals surface area contributed by atoms with Crippen molar-refractivity contribution >= 4 is 29.6 Å². The Morgan fingerprint density at radius 3 is 1.44 bits per heavy atom. The molecule has 306 valence electrons. The van der Waals surface area contributed by atoms with E-state index in [4.69, 9.17) is 0 Å². The largest absolute Gasteiger partial charge is 0.383 e. The lowest BCUT2D eigenvalue weighted by atomic mass is 9.83. The van der Waals surface area contributed by atoms with E-state index in [0.717, 1.165) is 23.2 Å². The molecule has 4 unspecified atom stereocenters. The third-order valence-corrected chi connectivity index (χ3v) is 10.7. The smallest absolute Gasteiger partial charge is 0.247 e. The molecule has 0 saturated heterocycles. The van der Waals surface area contributed by atoms with Crippen molar-refractivity contribution < 1.29 is 19.5 Å². The number of carbonyl (C=O) groups is 3. The number of amides is 1. The van der Waals surface area contributed by atoms with Gasteiger partial charge in [0.15, 0.2) is 5.78 Å². The topological polar surface area (TPSA) is 77.9 Å². The van der Waals surface area contributed by atoms with Crippen molar-refractivity contribution in [2.45, 2.75) is 71.8 Å². The molecule has 1 N–H and O–H groups in total. The van der Waals surface area contributed by atoms with Crippen LogP contribution >= 0.6 is 0 Å². The monoisotopic (exact) mass is 788 g/mol. The fraction of sp³-hybridized carbons (Fsp3) is 0.264. The second kappa shape index (κ2) is 23.5. The molecule has 1 amide bonds. The maximum absolute atomic E-state index is 13.5. The number of hydrogen-bond donors (Lipinski definition) is 1. The molecule has 0 radical (unpaired) electrons. The predicted molar refractivity (Wildman–Crippen MR) is 243 cm³/mol. The molecule has 0 aliphatic carbocycles. The number of Topliss-reactive ketones (excluding diaryl/α,β-unsaturated/α-hetero) is 2. The lowest BCUT2D eigenvalue weighted by Gasteiger charge is -2.39. The highest BCUT2D eigenvalue weighted by molar-refractivity contribution is 5.93. The van der Waals surface area contributed by atoms with Crippen molar-refractivity contribution in [1.82, 2.24) is 9.80 Å². The Morgan fingerprint density at radius 2 is 1.02 bits per heavy atom. The van der Waals surface area contributed by atoms with Gasteiger partial charge in [-0.25, -0.2) is 0 Å². The van der Waals surface area contributed by atoms with E-state index in [9.17, 15) is 19.5 Å². The number of carbonyl (C=O) groups excluding carboxylic acids is 3. The third-order valence-electron chi connectivity index (χ3n) is 10.7. The van der Waals surface area contributed by atoms with E-state index in [1.165, 1.54) is 18.6 Å². The Morgan fingerprint density at radius 1 is 0.593 bits per heavy atom. The average molecular weight is 789 g/mol. The van der Waals surface area contributed by atoms with Crippen molar-refractivity contribution in [3.63, 3.8) is 0 Å². The lowest BCUT2D eigenvalue weighted by molar-refractivity contribution is -0.139. The number of ketones is 2. The predicted octanol–water partition coefficient (Wildman–Crippen LogP) is 11.2. The minimum Gasteiger partial charge on any atom is -0.383 e. The Bertz CT molecular complexity index is 2080. The van der Waals surface area contributed by atoms with Crippen molar-refractivity contribution in [2.75, 3.05) is 6.54 Å². The van der Waals surface area contributed by atoms with Gasteiger partial charge in [0.2, 0.25) is 5.91 Å². The molecule has 0 saturated carbocycles. The first kappa shape index (κ1) is 45.7. The highest BCUT2D eigenvalue weighted by Crippen LogP contribution is 2.34. The molecule has 6 atom stereocenters. The number of aliphatic hydroxyl groups excluding tert-OH is 1. The second-order valence-electron chi connectivity index (χ2n) is 15.2. The second-order valence-corrected chi connectivity index (χ2v) is 15.2. The Balaban J connectivity index is 0.000000262. The van der Waals surface area contributed by atoms with Gasteiger partial charge in [0.05, 0.1) is 12.1 Å². The van der Waals surface area contributed by atoms with Crippen molar-refractivity contribution in [3.8, 4) is 0 Å².